The van der Waals surface area contributed by atoms with Gasteiger partial charge in [0.05, 0.1) is 21.8 Å². The van der Waals surface area contributed by atoms with Gasteiger partial charge in [0, 0.05) is 12.6 Å². The fourth-order valence-corrected chi connectivity index (χ4v) is 3.57. The first kappa shape index (κ1) is 24.6. The first-order valence-electron chi connectivity index (χ1n) is 9.36. The largest absolute Gasteiger partial charge is 0.487 e. The van der Waals surface area contributed by atoms with Crippen LogP contribution in [-0.2, 0) is 25.7 Å². The van der Waals surface area contributed by atoms with Gasteiger partial charge in [0.15, 0.2) is 0 Å². The van der Waals surface area contributed by atoms with Crippen molar-refractivity contribution in [3.63, 3.8) is 0 Å². The second kappa shape index (κ2) is 9.84. The van der Waals surface area contributed by atoms with Crippen molar-refractivity contribution in [3.05, 3.63) is 97.1 Å². The number of benzene rings is 2. The summed E-state index contributed by atoms with van der Waals surface area (Å²) in [7, 11) is 0. The number of aromatic carboxylic acids is 1. The maximum Gasteiger partial charge on any atom is 0.416 e. The summed E-state index contributed by atoms with van der Waals surface area (Å²) in [6, 6.07) is 8.95. The first-order chi connectivity index (χ1) is 15.5. The van der Waals surface area contributed by atoms with Gasteiger partial charge in [-0.1, -0.05) is 35.3 Å². The third-order valence-electron chi connectivity index (χ3n) is 4.70. The van der Waals surface area contributed by atoms with Gasteiger partial charge in [-0.3, -0.25) is 4.79 Å². The van der Waals surface area contributed by atoms with Crippen molar-refractivity contribution >= 4 is 29.2 Å². The lowest BCUT2D eigenvalue weighted by Crippen LogP contribution is -2.26. The number of aryl methyl sites for hydroxylation is 1. The Morgan fingerprint density at radius 1 is 1.03 bits per heavy atom. The van der Waals surface area contributed by atoms with Crippen LogP contribution in [0.15, 0.2) is 53.3 Å². The highest BCUT2D eigenvalue weighted by Gasteiger charge is 2.31. The molecule has 0 unspecified atom stereocenters. The molecule has 33 heavy (non-hydrogen) atoms. The number of carboxylic acids is 1. The molecule has 0 bridgehead atoms. The predicted octanol–water partition coefficient (Wildman–Crippen LogP) is 5.83. The number of ether oxygens (including phenoxy) is 1. The van der Waals surface area contributed by atoms with Gasteiger partial charge in [0.1, 0.15) is 23.2 Å². The molecule has 1 N–H and O–H groups in total. The topological polar surface area (TPSA) is 68.5 Å². The molecule has 3 rings (SSSR count). The van der Waals surface area contributed by atoms with Crippen LogP contribution in [0.5, 0.6) is 5.75 Å². The molecule has 1 heterocycles. The molecule has 0 atom stereocenters. The molecular formula is C22H15Cl2F4NO4. The Morgan fingerprint density at radius 3 is 2.30 bits per heavy atom. The van der Waals surface area contributed by atoms with Gasteiger partial charge in [-0.05, 0) is 42.3 Å². The molecule has 0 fully saturated rings. The van der Waals surface area contributed by atoms with Gasteiger partial charge < -0.3 is 14.4 Å². The Hall–Kier alpha value is -3.04. The zero-order valence-corrected chi connectivity index (χ0v) is 18.1. The van der Waals surface area contributed by atoms with Crippen LogP contribution >= 0.6 is 23.2 Å². The van der Waals surface area contributed by atoms with E-state index in [2.05, 4.69) is 0 Å². The highest BCUT2D eigenvalue weighted by Crippen LogP contribution is 2.32. The average Bonchev–Trinajstić information content (AvgIpc) is 2.73. The van der Waals surface area contributed by atoms with Crippen LogP contribution in [0.25, 0.3) is 0 Å². The minimum absolute atomic E-state index is 0.0354. The number of carbonyl (C=O) groups is 1. The fraction of sp³-hybridized carbons (Fsp3) is 0.182. The Morgan fingerprint density at radius 2 is 1.70 bits per heavy atom. The van der Waals surface area contributed by atoms with E-state index in [1.807, 2.05) is 0 Å². The molecule has 174 valence electrons. The molecule has 0 radical (unpaired) electrons. The number of hydrogen-bond acceptors (Lipinski definition) is 3. The summed E-state index contributed by atoms with van der Waals surface area (Å²) in [4.78, 5) is 23.6. The normalized spacial score (nSPS) is 11.5. The summed E-state index contributed by atoms with van der Waals surface area (Å²) in [5, 5.41) is 8.84. The molecule has 1 aromatic heterocycles. The first-order valence-corrected chi connectivity index (χ1v) is 10.1. The molecule has 11 heteroatoms. The molecule has 0 saturated heterocycles. The van der Waals surface area contributed by atoms with Crippen molar-refractivity contribution in [1.82, 2.24) is 4.57 Å². The standard InChI is InChI=1S/C22H15Cl2F4NO4/c23-17-10-18(24)20(30)29(6-5-12-1-3-13(4-2-12)21(31)32)19(17)11-33-16-8-14(22(26,27)28)7-15(25)9-16/h1-4,7-10H,5-6,11H2,(H,31,32). The lowest BCUT2D eigenvalue weighted by atomic mass is 10.1. The molecule has 2 aromatic carbocycles. The minimum atomic E-state index is -4.77. The number of halogens is 6. The third kappa shape index (κ3) is 6.06. The number of pyridine rings is 1. The van der Waals surface area contributed by atoms with E-state index in [1.54, 1.807) is 12.1 Å². The van der Waals surface area contributed by atoms with Crippen LogP contribution in [0.3, 0.4) is 0 Å². The summed E-state index contributed by atoms with van der Waals surface area (Å²) in [6.07, 6.45) is -4.47. The number of rotatable bonds is 7. The zero-order valence-electron chi connectivity index (χ0n) is 16.6. The second-order valence-corrected chi connectivity index (χ2v) is 7.77. The number of aromatic nitrogens is 1. The Balaban J connectivity index is 1.86. The summed E-state index contributed by atoms with van der Waals surface area (Å²) < 4.78 is 59.0. The van der Waals surface area contributed by atoms with E-state index in [0.717, 1.165) is 11.6 Å². The van der Waals surface area contributed by atoms with Crippen LogP contribution in [0, 0.1) is 5.82 Å². The predicted molar refractivity (Wildman–Crippen MR) is 114 cm³/mol. The SMILES string of the molecule is O=C(O)c1ccc(CCn2c(COc3cc(F)cc(C(F)(F)F)c3)c(Cl)cc(Cl)c2=O)cc1. The summed E-state index contributed by atoms with van der Waals surface area (Å²) in [6.45, 7) is -0.356. The van der Waals surface area contributed by atoms with Gasteiger partial charge in [-0.25, -0.2) is 9.18 Å². The molecule has 5 nitrogen and oxygen atoms in total. The zero-order chi connectivity index (χ0) is 24.3. The van der Waals surface area contributed by atoms with Crippen molar-refractivity contribution in [1.29, 1.82) is 0 Å². The Bertz CT molecular complexity index is 1240. The van der Waals surface area contributed by atoms with E-state index < -0.39 is 41.4 Å². The number of carboxylic acid groups (broad SMARTS) is 1. The molecule has 0 aliphatic rings. The maximum absolute atomic E-state index is 13.6. The van der Waals surface area contributed by atoms with Crippen molar-refractivity contribution in [2.45, 2.75) is 25.7 Å². The van der Waals surface area contributed by atoms with E-state index >= 15 is 0 Å². The van der Waals surface area contributed by atoms with E-state index in [4.69, 9.17) is 33.0 Å². The van der Waals surface area contributed by atoms with Gasteiger partial charge in [-0.15, -0.1) is 0 Å². The molecule has 0 spiro atoms. The Kier molecular flexibility index (Phi) is 7.34. The molecule has 0 aliphatic carbocycles. The van der Waals surface area contributed by atoms with Gasteiger partial charge in [0.2, 0.25) is 0 Å². The highest BCUT2D eigenvalue weighted by molar-refractivity contribution is 6.34. The lowest BCUT2D eigenvalue weighted by molar-refractivity contribution is -0.137. The van der Waals surface area contributed by atoms with E-state index in [9.17, 15) is 27.2 Å². The monoisotopic (exact) mass is 503 g/mol. The van der Waals surface area contributed by atoms with Crippen LogP contribution in [0.1, 0.15) is 27.2 Å². The average molecular weight is 504 g/mol. The van der Waals surface area contributed by atoms with Gasteiger partial charge in [-0.2, -0.15) is 13.2 Å². The lowest BCUT2D eigenvalue weighted by Gasteiger charge is -2.17. The summed E-state index contributed by atoms with van der Waals surface area (Å²) >= 11 is 12.1. The van der Waals surface area contributed by atoms with Crippen LogP contribution in [0.4, 0.5) is 17.6 Å². The Labute approximate surface area is 194 Å². The number of hydrogen-bond donors (Lipinski definition) is 1. The molecule has 0 aliphatic heterocycles. The summed E-state index contributed by atoms with van der Waals surface area (Å²) in [5.41, 5.74) is -0.871. The smallest absolute Gasteiger partial charge is 0.416 e. The van der Waals surface area contributed by atoms with Crippen LogP contribution in [-0.4, -0.2) is 15.6 Å². The van der Waals surface area contributed by atoms with E-state index in [0.29, 0.717) is 18.6 Å². The van der Waals surface area contributed by atoms with Crippen LogP contribution < -0.4 is 10.3 Å². The maximum atomic E-state index is 13.6. The van der Waals surface area contributed by atoms with Crippen molar-refractivity contribution in [2.75, 3.05) is 0 Å². The van der Waals surface area contributed by atoms with Crippen molar-refractivity contribution < 1.29 is 32.2 Å². The number of alkyl halides is 3. The molecule has 0 amide bonds. The quantitative estimate of drug-likeness (QED) is 0.411. The fourth-order valence-electron chi connectivity index (χ4n) is 3.04. The van der Waals surface area contributed by atoms with Crippen LogP contribution in [0.2, 0.25) is 10.0 Å². The third-order valence-corrected chi connectivity index (χ3v) is 5.30. The van der Waals surface area contributed by atoms with Crippen molar-refractivity contribution in [2.24, 2.45) is 0 Å². The molecule has 0 saturated carbocycles. The highest BCUT2D eigenvalue weighted by atomic mass is 35.5. The minimum Gasteiger partial charge on any atom is -0.487 e. The van der Waals surface area contributed by atoms with E-state index in [1.165, 1.54) is 22.8 Å². The molecule has 3 aromatic rings. The number of nitrogens with zero attached hydrogens (tertiary/aromatic N) is 1. The van der Waals surface area contributed by atoms with Gasteiger partial charge in [0.25, 0.3) is 5.56 Å². The van der Waals surface area contributed by atoms with Crippen molar-refractivity contribution in [3.8, 4) is 5.75 Å². The summed E-state index contributed by atoms with van der Waals surface area (Å²) in [5.74, 6) is -2.61. The second-order valence-electron chi connectivity index (χ2n) is 6.96. The molecular weight excluding hydrogens is 489 g/mol. The van der Waals surface area contributed by atoms with Gasteiger partial charge >= 0.3 is 12.1 Å². The van der Waals surface area contributed by atoms with E-state index in [-0.39, 0.29) is 27.8 Å².